The number of hydrogen-bond acceptors (Lipinski definition) is 9. The summed E-state index contributed by atoms with van der Waals surface area (Å²) in [5, 5.41) is 8.97. The van der Waals surface area contributed by atoms with Crippen molar-refractivity contribution in [1.29, 1.82) is 0 Å². The highest BCUT2D eigenvalue weighted by molar-refractivity contribution is 6.06. The Hall–Kier alpha value is -5.23. The van der Waals surface area contributed by atoms with E-state index in [1.165, 1.54) is 19.4 Å². The molecular weight excluding hydrogens is 663 g/mol. The van der Waals surface area contributed by atoms with E-state index in [9.17, 15) is 9.59 Å². The van der Waals surface area contributed by atoms with Gasteiger partial charge in [0.05, 0.1) is 13.7 Å². The molecule has 3 N–H and O–H groups in total. The summed E-state index contributed by atoms with van der Waals surface area (Å²) in [5.41, 5.74) is 3.80. The maximum absolute atomic E-state index is 15.1. The van der Waals surface area contributed by atoms with Crippen LogP contribution in [0.1, 0.15) is 66.6 Å². The van der Waals surface area contributed by atoms with Crippen molar-refractivity contribution < 1.29 is 28.2 Å². The first kappa shape index (κ1) is 38.0. The number of halogens is 1. The van der Waals surface area contributed by atoms with Crippen LogP contribution < -0.4 is 30.2 Å². The first-order chi connectivity index (χ1) is 25.0. The van der Waals surface area contributed by atoms with E-state index in [0.29, 0.717) is 48.2 Å². The molecule has 12 heteroatoms. The number of nitrogens with one attached hydrogen (secondary N) is 3. The number of nitrogens with zero attached hydrogens (tertiary/aromatic N) is 3. The van der Waals surface area contributed by atoms with Gasteiger partial charge in [0.25, 0.3) is 5.91 Å². The van der Waals surface area contributed by atoms with Crippen molar-refractivity contribution in [2.24, 2.45) is 5.92 Å². The fourth-order valence-electron chi connectivity index (χ4n) is 6.06. The van der Waals surface area contributed by atoms with Gasteiger partial charge in [0, 0.05) is 48.6 Å². The molecule has 2 heterocycles. The Morgan fingerprint density at radius 1 is 1.06 bits per heavy atom. The smallest absolute Gasteiger partial charge is 0.262 e. The van der Waals surface area contributed by atoms with Crippen molar-refractivity contribution in [3.63, 3.8) is 0 Å². The second-order valence-electron chi connectivity index (χ2n) is 13.4. The van der Waals surface area contributed by atoms with E-state index in [4.69, 9.17) is 14.2 Å². The maximum atomic E-state index is 15.1. The molecule has 1 unspecified atom stereocenters. The first-order valence-corrected chi connectivity index (χ1v) is 17.8. The van der Waals surface area contributed by atoms with Crippen molar-refractivity contribution in [2.45, 2.75) is 65.8 Å². The maximum Gasteiger partial charge on any atom is 0.262 e. The summed E-state index contributed by atoms with van der Waals surface area (Å²) in [7, 11) is 3.60. The predicted octanol–water partition coefficient (Wildman–Crippen LogP) is 7.60. The average Bonchev–Trinajstić information content (AvgIpc) is 3.12. The van der Waals surface area contributed by atoms with Crippen LogP contribution in [0.2, 0.25) is 0 Å². The van der Waals surface area contributed by atoms with Gasteiger partial charge in [0.1, 0.15) is 5.56 Å². The van der Waals surface area contributed by atoms with Gasteiger partial charge < -0.3 is 35.1 Å². The number of rotatable bonds is 15. The lowest BCUT2D eigenvalue weighted by molar-refractivity contribution is -0.121. The standard InChI is InChI=1S/C40H49FN6O5/c1-7-27(4)43-36(48)18-14-28-13-16-34(35(20-28)50-6)52-39-31(38(49)45-37-25(2)10-8-11-26(37)3)22-42-40(46-39)44-30-15-17-33(32(41)21-30)51-24-29-12-9-19-47(5)23-29/h8,10-11,13,15-17,20-22,27,29H,7,9,12,14,18-19,23-24H2,1-6H3,(H,43,48)(H,45,49)(H,42,44,46)/t27-,29?/m1/s1. The minimum Gasteiger partial charge on any atom is -0.493 e. The Morgan fingerprint density at radius 3 is 2.54 bits per heavy atom. The number of aryl methyl sites for hydroxylation is 3. The molecule has 1 aliphatic rings. The van der Waals surface area contributed by atoms with Gasteiger partial charge in [0.2, 0.25) is 17.7 Å². The fourth-order valence-corrected chi connectivity index (χ4v) is 6.06. The van der Waals surface area contributed by atoms with Crippen LogP contribution in [0.5, 0.6) is 23.1 Å². The molecule has 0 aliphatic carbocycles. The van der Waals surface area contributed by atoms with Gasteiger partial charge in [-0.3, -0.25) is 9.59 Å². The minimum absolute atomic E-state index is 0.0243. The van der Waals surface area contributed by atoms with E-state index in [-0.39, 0.29) is 35.1 Å². The van der Waals surface area contributed by atoms with Gasteiger partial charge in [-0.05, 0) is 101 Å². The topological polar surface area (TPSA) is 127 Å². The molecular formula is C40H49FN6O5. The number of carbonyl (C=O) groups is 2. The summed E-state index contributed by atoms with van der Waals surface area (Å²) in [5.74, 6) is 0.250. The number of para-hydroxylation sites is 1. The molecule has 5 rings (SSSR count). The van der Waals surface area contributed by atoms with Crippen LogP contribution in [0.25, 0.3) is 0 Å². The highest BCUT2D eigenvalue weighted by Gasteiger charge is 2.22. The van der Waals surface area contributed by atoms with Crippen molar-refractivity contribution >= 4 is 29.1 Å². The van der Waals surface area contributed by atoms with E-state index < -0.39 is 11.7 Å². The minimum atomic E-state index is -0.516. The average molecular weight is 713 g/mol. The van der Waals surface area contributed by atoms with Crippen LogP contribution in [-0.2, 0) is 11.2 Å². The van der Waals surface area contributed by atoms with Gasteiger partial charge in [-0.2, -0.15) is 4.98 Å². The summed E-state index contributed by atoms with van der Waals surface area (Å²) in [4.78, 5) is 37.3. The van der Waals surface area contributed by atoms with E-state index in [2.05, 4.69) is 37.9 Å². The van der Waals surface area contributed by atoms with Crippen LogP contribution in [0.15, 0.2) is 60.8 Å². The number of likely N-dealkylation sites (tertiary alicyclic amines) is 1. The van der Waals surface area contributed by atoms with E-state index in [0.717, 1.165) is 49.0 Å². The Bertz CT molecular complexity index is 1850. The summed E-state index contributed by atoms with van der Waals surface area (Å²) < 4.78 is 32.9. The van der Waals surface area contributed by atoms with E-state index in [1.54, 1.807) is 24.3 Å². The second kappa shape index (κ2) is 17.8. The van der Waals surface area contributed by atoms with Gasteiger partial charge in [0.15, 0.2) is 23.1 Å². The molecule has 11 nitrogen and oxygen atoms in total. The van der Waals surface area contributed by atoms with Crippen molar-refractivity contribution in [3.8, 4) is 23.1 Å². The summed E-state index contributed by atoms with van der Waals surface area (Å²) in [6, 6.07) is 15.8. The Morgan fingerprint density at radius 2 is 1.83 bits per heavy atom. The normalized spacial score (nSPS) is 15.0. The zero-order valence-corrected chi connectivity index (χ0v) is 30.8. The van der Waals surface area contributed by atoms with E-state index >= 15 is 4.39 Å². The van der Waals surface area contributed by atoms with E-state index in [1.807, 2.05) is 52.0 Å². The number of anilines is 3. The molecule has 2 atom stereocenters. The zero-order chi connectivity index (χ0) is 37.2. The molecule has 0 saturated carbocycles. The first-order valence-electron chi connectivity index (χ1n) is 17.8. The summed E-state index contributed by atoms with van der Waals surface area (Å²) in [6.07, 6.45) is 5.20. The largest absolute Gasteiger partial charge is 0.493 e. The number of methoxy groups -OCH3 is 1. The molecule has 4 aromatic rings. The molecule has 1 aromatic heterocycles. The Balaban J connectivity index is 1.37. The lowest BCUT2D eigenvalue weighted by Crippen LogP contribution is -2.34. The number of benzene rings is 3. The second-order valence-corrected chi connectivity index (χ2v) is 13.4. The number of hydrogen-bond donors (Lipinski definition) is 3. The molecule has 1 fully saturated rings. The van der Waals surface area contributed by atoms with Crippen LogP contribution in [0.3, 0.4) is 0 Å². The SMILES string of the molecule is CC[C@@H](C)NC(=O)CCc1ccc(Oc2nc(Nc3ccc(OCC4CCCN(C)C4)c(F)c3)ncc2C(=O)Nc2c(C)cccc2C)c(OC)c1. The highest BCUT2D eigenvalue weighted by Crippen LogP contribution is 2.35. The third kappa shape index (κ3) is 10.2. The lowest BCUT2D eigenvalue weighted by atomic mass is 10.00. The number of piperidine rings is 1. The van der Waals surface area contributed by atoms with Crippen LogP contribution in [-0.4, -0.2) is 66.6 Å². The number of ether oxygens (including phenoxy) is 3. The molecule has 0 bridgehead atoms. The Kier molecular flexibility index (Phi) is 13.0. The Labute approximate surface area is 305 Å². The fraction of sp³-hybridized carbons (Fsp3) is 0.400. The van der Waals surface area contributed by atoms with Crippen molar-refractivity contribution in [1.82, 2.24) is 20.2 Å². The number of amides is 2. The molecule has 1 saturated heterocycles. The number of aromatic nitrogens is 2. The van der Waals surface area contributed by atoms with Crippen LogP contribution >= 0.6 is 0 Å². The van der Waals surface area contributed by atoms with Gasteiger partial charge >= 0.3 is 0 Å². The lowest BCUT2D eigenvalue weighted by Gasteiger charge is -2.29. The summed E-state index contributed by atoms with van der Waals surface area (Å²) in [6.45, 7) is 10.3. The van der Waals surface area contributed by atoms with Gasteiger partial charge in [-0.15, -0.1) is 0 Å². The van der Waals surface area contributed by atoms with Gasteiger partial charge in [-0.25, -0.2) is 9.37 Å². The van der Waals surface area contributed by atoms with Crippen LogP contribution in [0, 0.1) is 25.6 Å². The molecule has 0 radical (unpaired) electrons. The molecule has 52 heavy (non-hydrogen) atoms. The summed E-state index contributed by atoms with van der Waals surface area (Å²) >= 11 is 0. The van der Waals surface area contributed by atoms with Crippen molar-refractivity contribution in [2.75, 3.05) is 44.5 Å². The highest BCUT2D eigenvalue weighted by atomic mass is 19.1. The van der Waals surface area contributed by atoms with Crippen molar-refractivity contribution in [3.05, 3.63) is 88.9 Å². The number of carbonyl (C=O) groups excluding carboxylic acids is 2. The monoisotopic (exact) mass is 712 g/mol. The van der Waals surface area contributed by atoms with Gasteiger partial charge in [-0.1, -0.05) is 31.2 Å². The zero-order valence-electron chi connectivity index (χ0n) is 30.8. The molecule has 276 valence electrons. The molecule has 2 amide bonds. The predicted molar refractivity (Wildman–Crippen MR) is 201 cm³/mol. The van der Waals surface area contributed by atoms with Crippen LogP contribution in [0.4, 0.5) is 21.7 Å². The third-order valence-corrected chi connectivity index (χ3v) is 9.20. The molecule has 1 aliphatic heterocycles. The third-order valence-electron chi connectivity index (χ3n) is 9.20. The molecule has 0 spiro atoms. The quantitative estimate of drug-likeness (QED) is 0.114. The molecule has 3 aromatic carbocycles.